The van der Waals surface area contributed by atoms with Gasteiger partial charge in [-0.25, -0.2) is 0 Å². The highest BCUT2D eigenvalue weighted by molar-refractivity contribution is 6.31. The van der Waals surface area contributed by atoms with E-state index >= 15 is 0 Å². The van der Waals surface area contributed by atoms with E-state index in [0.29, 0.717) is 0 Å². The van der Waals surface area contributed by atoms with E-state index in [1.807, 2.05) is 18.2 Å². The zero-order chi connectivity index (χ0) is 12.1. The quantitative estimate of drug-likeness (QED) is 0.489. The fourth-order valence-electron chi connectivity index (χ4n) is 2.36. The van der Waals surface area contributed by atoms with Gasteiger partial charge in [0.1, 0.15) is 0 Å². The van der Waals surface area contributed by atoms with E-state index in [2.05, 4.69) is 17.6 Å². The van der Waals surface area contributed by atoms with Crippen molar-refractivity contribution < 1.29 is 0 Å². The molecule has 1 aliphatic rings. The Kier molecular flexibility index (Phi) is 4.60. The van der Waals surface area contributed by atoms with Crippen molar-refractivity contribution in [2.24, 2.45) is 5.84 Å². The Balaban J connectivity index is 2.09. The van der Waals surface area contributed by atoms with Gasteiger partial charge in [0, 0.05) is 11.1 Å². The minimum absolute atomic E-state index is 0.218. The van der Waals surface area contributed by atoms with Gasteiger partial charge < -0.3 is 0 Å². The van der Waals surface area contributed by atoms with Crippen molar-refractivity contribution in [3.63, 3.8) is 0 Å². The second kappa shape index (κ2) is 6.20. The van der Waals surface area contributed by atoms with Crippen LogP contribution in [0.15, 0.2) is 35.9 Å². The second-order valence-electron chi connectivity index (χ2n) is 4.54. The monoisotopic (exact) mass is 250 g/mol. The molecule has 0 saturated heterocycles. The van der Waals surface area contributed by atoms with Crippen molar-refractivity contribution in [1.29, 1.82) is 0 Å². The predicted molar refractivity (Wildman–Crippen MR) is 72.8 cm³/mol. The van der Waals surface area contributed by atoms with Gasteiger partial charge in [-0.05, 0) is 43.7 Å². The number of rotatable bonds is 4. The van der Waals surface area contributed by atoms with Gasteiger partial charge in [0.05, 0.1) is 0 Å². The number of halogens is 1. The maximum absolute atomic E-state index is 6.18. The number of hydrazine groups is 1. The van der Waals surface area contributed by atoms with Crippen LogP contribution >= 0.6 is 11.6 Å². The Hall–Kier alpha value is -0.830. The Bertz CT molecular complexity index is 401. The smallest absolute Gasteiger partial charge is 0.0460 e. The molecule has 0 heterocycles. The lowest BCUT2D eigenvalue weighted by molar-refractivity contribution is 0.542. The van der Waals surface area contributed by atoms with Crippen LogP contribution in [0.1, 0.15) is 31.2 Å². The third-order valence-corrected chi connectivity index (χ3v) is 3.73. The third kappa shape index (κ3) is 3.32. The molecule has 3 N–H and O–H groups in total. The van der Waals surface area contributed by atoms with E-state index in [1.54, 1.807) is 0 Å². The van der Waals surface area contributed by atoms with Gasteiger partial charge in [-0.2, -0.15) is 0 Å². The topological polar surface area (TPSA) is 38.0 Å². The molecule has 0 spiro atoms. The highest BCUT2D eigenvalue weighted by Crippen LogP contribution is 2.24. The van der Waals surface area contributed by atoms with Crippen LogP contribution in [0.2, 0.25) is 5.02 Å². The molecule has 92 valence electrons. The summed E-state index contributed by atoms with van der Waals surface area (Å²) in [7, 11) is 0. The lowest BCUT2D eigenvalue weighted by Gasteiger charge is -2.23. The van der Waals surface area contributed by atoms with Crippen molar-refractivity contribution in [1.82, 2.24) is 5.43 Å². The van der Waals surface area contributed by atoms with Gasteiger partial charge in [0.25, 0.3) is 0 Å². The van der Waals surface area contributed by atoms with Gasteiger partial charge >= 0.3 is 0 Å². The maximum atomic E-state index is 6.18. The molecule has 0 aromatic heterocycles. The van der Waals surface area contributed by atoms with Crippen molar-refractivity contribution in [3.8, 4) is 0 Å². The summed E-state index contributed by atoms with van der Waals surface area (Å²) < 4.78 is 0. The average molecular weight is 251 g/mol. The summed E-state index contributed by atoms with van der Waals surface area (Å²) in [5, 5.41) is 0.823. The molecule has 1 aromatic rings. The summed E-state index contributed by atoms with van der Waals surface area (Å²) >= 11 is 6.18. The number of nitrogens with one attached hydrogen (secondary N) is 1. The predicted octanol–water partition coefficient (Wildman–Crippen LogP) is 3.21. The number of nitrogens with two attached hydrogens (primary N) is 1. The first-order chi connectivity index (χ1) is 8.31. The molecule has 0 radical (unpaired) electrons. The third-order valence-electron chi connectivity index (χ3n) is 3.36. The molecule has 17 heavy (non-hydrogen) atoms. The van der Waals surface area contributed by atoms with E-state index in [9.17, 15) is 0 Å². The van der Waals surface area contributed by atoms with E-state index in [1.165, 1.54) is 24.8 Å². The maximum Gasteiger partial charge on any atom is 0.0460 e. The number of hydrogen-bond acceptors (Lipinski definition) is 2. The molecule has 0 saturated carbocycles. The summed E-state index contributed by atoms with van der Waals surface area (Å²) in [5.41, 5.74) is 5.51. The Morgan fingerprint density at radius 2 is 2.12 bits per heavy atom. The highest BCUT2D eigenvalue weighted by atomic mass is 35.5. The molecule has 1 aromatic carbocycles. The first kappa shape index (κ1) is 12.6. The van der Waals surface area contributed by atoms with E-state index in [0.717, 1.165) is 23.4 Å². The second-order valence-corrected chi connectivity index (χ2v) is 4.95. The van der Waals surface area contributed by atoms with Crippen LogP contribution in [0.4, 0.5) is 0 Å². The van der Waals surface area contributed by atoms with Crippen LogP contribution in [-0.2, 0) is 6.42 Å². The molecule has 0 amide bonds. The summed E-state index contributed by atoms with van der Waals surface area (Å²) in [6.07, 6.45) is 8.08. The zero-order valence-electron chi connectivity index (χ0n) is 9.95. The fraction of sp³-hybridized carbons (Fsp3) is 0.429. The van der Waals surface area contributed by atoms with Crippen molar-refractivity contribution in [2.75, 3.05) is 0 Å². The zero-order valence-corrected chi connectivity index (χ0v) is 10.7. The Labute approximate surface area is 108 Å². The van der Waals surface area contributed by atoms with Crippen LogP contribution in [0.25, 0.3) is 0 Å². The Morgan fingerprint density at radius 3 is 2.76 bits per heavy atom. The molecule has 1 atom stereocenters. The lowest BCUT2D eigenvalue weighted by Crippen LogP contribution is -2.38. The first-order valence-corrected chi connectivity index (χ1v) is 6.57. The van der Waals surface area contributed by atoms with Crippen molar-refractivity contribution in [3.05, 3.63) is 46.5 Å². The number of allylic oxidation sites excluding steroid dienone is 1. The fourth-order valence-corrected chi connectivity index (χ4v) is 2.57. The van der Waals surface area contributed by atoms with Crippen LogP contribution in [0, 0.1) is 0 Å². The molecular formula is C14H19ClN2. The largest absolute Gasteiger partial charge is 0.271 e. The summed E-state index contributed by atoms with van der Waals surface area (Å²) in [6.45, 7) is 0. The van der Waals surface area contributed by atoms with E-state index < -0.39 is 0 Å². The summed E-state index contributed by atoms with van der Waals surface area (Å²) in [4.78, 5) is 0. The molecule has 2 rings (SSSR count). The lowest BCUT2D eigenvalue weighted by atomic mass is 9.90. The van der Waals surface area contributed by atoms with Gasteiger partial charge in [0.15, 0.2) is 0 Å². The normalized spacial score (nSPS) is 17.6. The van der Waals surface area contributed by atoms with Crippen LogP contribution in [-0.4, -0.2) is 6.04 Å². The van der Waals surface area contributed by atoms with Gasteiger partial charge in [-0.15, -0.1) is 0 Å². The van der Waals surface area contributed by atoms with Gasteiger partial charge in [-0.3, -0.25) is 11.3 Å². The first-order valence-electron chi connectivity index (χ1n) is 6.19. The summed E-state index contributed by atoms with van der Waals surface area (Å²) in [5.74, 6) is 5.67. The van der Waals surface area contributed by atoms with Gasteiger partial charge in [0.2, 0.25) is 0 Å². The standard InChI is InChI=1S/C14H19ClN2/c15-13-9-5-4-8-12(13)10-14(17-16)11-6-2-1-3-7-11/h4-6,8-9,14,17H,1-3,7,10,16H2. The van der Waals surface area contributed by atoms with Crippen molar-refractivity contribution >= 4 is 11.6 Å². The molecule has 3 heteroatoms. The van der Waals surface area contributed by atoms with E-state index in [-0.39, 0.29) is 6.04 Å². The van der Waals surface area contributed by atoms with Crippen LogP contribution < -0.4 is 11.3 Å². The minimum Gasteiger partial charge on any atom is -0.271 e. The molecule has 0 aliphatic heterocycles. The minimum atomic E-state index is 0.218. The van der Waals surface area contributed by atoms with Crippen LogP contribution in [0.3, 0.4) is 0 Å². The summed E-state index contributed by atoms with van der Waals surface area (Å²) in [6, 6.07) is 8.19. The number of benzene rings is 1. The van der Waals surface area contributed by atoms with Gasteiger partial charge in [-0.1, -0.05) is 41.4 Å². The highest BCUT2D eigenvalue weighted by Gasteiger charge is 2.16. The molecule has 0 fully saturated rings. The SMILES string of the molecule is NNC(Cc1ccccc1Cl)C1=CCCCC1. The molecule has 2 nitrogen and oxygen atoms in total. The molecular weight excluding hydrogens is 232 g/mol. The van der Waals surface area contributed by atoms with E-state index in [4.69, 9.17) is 17.4 Å². The number of hydrogen-bond donors (Lipinski definition) is 2. The molecule has 1 aliphatic carbocycles. The van der Waals surface area contributed by atoms with Crippen LogP contribution in [0.5, 0.6) is 0 Å². The Morgan fingerprint density at radius 1 is 1.29 bits per heavy atom. The van der Waals surface area contributed by atoms with Crippen molar-refractivity contribution in [2.45, 2.75) is 38.1 Å². The molecule has 0 bridgehead atoms. The average Bonchev–Trinajstić information content (AvgIpc) is 2.39. The molecule has 1 unspecified atom stereocenters.